The predicted molar refractivity (Wildman–Crippen MR) is 63.8 cm³/mol. The number of nitrogens with two attached hydrogens (primary N) is 1. The molecule has 0 saturated heterocycles. The molecule has 0 saturated carbocycles. The molecule has 0 radical (unpaired) electrons. The largest absolute Gasteiger partial charge is 0.328 e. The average Bonchev–Trinajstić information content (AvgIpc) is 2.76. The highest BCUT2D eigenvalue weighted by Gasteiger charge is 2.05. The molecule has 84 valence electrons. The van der Waals surface area contributed by atoms with Gasteiger partial charge in [-0.2, -0.15) is 5.10 Å². The van der Waals surface area contributed by atoms with Crippen LogP contribution >= 0.6 is 0 Å². The van der Waals surface area contributed by atoms with Gasteiger partial charge in [-0.15, -0.1) is 0 Å². The van der Waals surface area contributed by atoms with Gasteiger partial charge in [-0.3, -0.25) is 5.10 Å². The van der Waals surface area contributed by atoms with Crippen LogP contribution in [0.15, 0.2) is 30.3 Å². The molecule has 1 heterocycles. The van der Waals surface area contributed by atoms with E-state index in [9.17, 15) is 0 Å². The van der Waals surface area contributed by atoms with Gasteiger partial charge in [0.15, 0.2) is 5.82 Å². The maximum Gasteiger partial charge on any atom is 0.181 e. The van der Waals surface area contributed by atoms with E-state index < -0.39 is 0 Å². The molecule has 0 amide bonds. The van der Waals surface area contributed by atoms with Crippen LogP contribution in [0.3, 0.4) is 0 Å². The number of rotatable bonds is 4. The van der Waals surface area contributed by atoms with E-state index in [-0.39, 0.29) is 6.04 Å². The van der Waals surface area contributed by atoms with Gasteiger partial charge in [0.2, 0.25) is 0 Å². The molecule has 0 fully saturated rings. The molecule has 0 aliphatic carbocycles. The predicted octanol–water partition coefficient (Wildman–Crippen LogP) is 1.75. The summed E-state index contributed by atoms with van der Waals surface area (Å²) in [5, 5.41) is 7.13. The second kappa shape index (κ2) is 4.90. The number of aromatic nitrogens is 3. The number of H-pyrrole nitrogens is 1. The van der Waals surface area contributed by atoms with Crippen LogP contribution in [0, 0.1) is 0 Å². The van der Waals surface area contributed by atoms with Crippen molar-refractivity contribution in [3.05, 3.63) is 36.2 Å². The van der Waals surface area contributed by atoms with E-state index in [0.717, 1.165) is 30.1 Å². The van der Waals surface area contributed by atoms with Gasteiger partial charge in [0.1, 0.15) is 5.82 Å². The molecule has 3 N–H and O–H groups in total. The van der Waals surface area contributed by atoms with Crippen molar-refractivity contribution in [1.82, 2.24) is 15.2 Å². The molecular formula is C12H16N4. The van der Waals surface area contributed by atoms with Gasteiger partial charge in [0, 0.05) is 18.0 Å². The summed E-state index contributed by atoms with van der Waals surface area (Å²) in [4.78, 5) is 4.43. The lowest BCUT2D eigenvalue weighted by Crippen LogP contribution is -2.15. The molecule has 1 aromatic heterocycles. The molecule has 1 unspecified atom stereocenters. The number of benzene rings is 1. The van der Waals surface area contributed by atoms with Crippen LogP contribution in [0.4, 0.5) is 0 Å². The van der Waals surface area contributed by atoms with Gasteiger partial charge in [0.05, 0.1) is 0 Å². The van der Waals surface area contributed by atoms with E-state index in [4.69, 9.17) is 5.73 Å². The zero-order valence-electron chi connectivity index (χ0n) is 9.35. The van der Waals surface area contributed by atoms with E-state index in [1.165, 1.54) is 0 Å². The third kappa shape index (κ3) is 2.67. The topological polar surface area (TPSA) is 67.6 Å². The number of hydrogen-bond acceptors (Lipinski definition) is 3. The third-order valence-corrected chi connectivity index (χ3v) is 2.40. The number of nitrogens with zero attached hydrogens (tertiary/aromatic N) is 2. The number of hydrogen-bond donors (Lipinski definition) is 2. The van der Waals surface area contributed by atoms with Crippen LogP contribution in [-0.4, -0.2) is 21.2 Å². The van der Waals surface area contributed by atoms with Crippen LogP contribution in [-0.2, 0) is 6.42 Å². The molecule has 0 aliphatic rings. The monoisotopic (exact) mass is 216 g/mol. The van der Waals surface area contributed by atoms with Crippen LogP contribution in [0.5, 0.6) is 0 Å². The van der Waals surface area contributed by atoms with Crippen molar-refractivity contribution >= 4 is 0 Å². The van der Waals surface area contributed by atoms with Gasteiger partial charge in [-0.05, 0) is 13.3 Å². The summed E-state index contributed by atoms with van der Waals surface area (Å²) in [6, 6.07) is 10.1. The van der Waals surface area contributed by atoms with Crippen molar-refractivity contribution in [1.29, 1.82) is 0 Å². The van der Waals surface area contributed by atoms with Crippen LogP contribution in [0.25, 0.3) is 11.4 Å². The Hall–Kier alpha value is -1.68. The molecule has 4 heteroatoms. The Morgan fingerprint density at radius 3 is 2.75 bits per heavy atom. The van der Waals surface area contributed by atoms with E-state index in [1.807, 2.05) is 37.3 Å². The Morgan fingerprint density at radius 2 is 2.06 bits per heavy atom. The minimum Gasteiger partial charge on any atom is -0.328 e. The van der Waals surface area contributed by atoms with Crippen molar-refractivity contribution in [3.63, 3.8) is 0 Å². The summed E-state index contributed by atoms with van der Waals surface area (Å²) in [7, 11) is 0. The molecule has 0 spiro atoms. The normalized spacial score (nSPS) is 12.6. The minimum atomic E-state index is 0.199. The SMILES string of the molecule is CC(N)CCc1nc(-c2ccccc2)n[nH]1. The second-order valence-electron chi connectivity index (χ2n) is 3.99. The zero-order chi connectivity index (χ0) is 11.4. The quantitative estimate of drug-likeness (QED) is 0.818. The molecule has 16 heavy (non-hydrogen) atoms. The van der Waals surface area contributed by atoms with Gasteiger partial charge < -0.3 is 5.73 Å². The molecule has 1 atom stereocenters. The lowest BCUT2D eigenvalue weighted by atomic mass is 10.2. The van der Waals surface area contributed by atoms with Crippen molar-refractivity contribution in [3.8, 4) is 11.4 Å². The van der Waals surface area contributed by atoms with Crippen molar-refractivity contribution < 1.29 is 0 Å². The fraction of sp³-hybridized carbons (Fsp3) is 0.333. The molecule has 1 aromatic carbocycles. The van der Waals surface area contributed by atoms with Gasteiger partial charge in [-0.1, -0.05) is 30.3 Å². The summed E-state index contributed by atoms with van der Waals surface area (Å²) in [6.45, 7) is 1.99. The van der Waals surface area contributed by atoms with Crippen LogP contribution < -0.4 is 5.73 Å². The fourth-order valence-corrected chi connectivity index (χ4v) is 1.49. The highest BCUT2D eigenvalue weighted by Crippen LogP contribution is 2.13. The highest BCUT2D eigenvalue weighted by atomic mass is 15.2. The Labute approximate surface area is 94.9 Å². The molecule has 0 aliphatic heterocycles. The second-order valence-corrected chi connectivity index (χ2v) is 3.99. The Kier molecular flexibility index (Phi) is 3.31. The first-order chi connectivity index (χ1) is 7.75. The number of aryl methyl sites for hydroxylation is 1. The first kappa shape index (κ1) is 10.8. The lowest BCUT2D eigenvalue weighted by molar-refractivity contribution is 0.649. The molecule has 2 aromatic rings. The summed E-state index contributed by atoms with van der Waals surface area (Å²) >= 11 is 0. The number of aromatic amines is 1. The Morgan fingerprint density at radius 1 is 1.31 bits per heavy atom. The first-order valence-corrected chi connectivity index (χ1v) is 5.48. The summed E-state index contributed by atoms with van der Waals surface area (Å²) in [6.07, 6.45) is 1.76. The average molecular weight is 216 g/mol. The summed E-state index contributed by atoms with van der Waals surface area (Å²) < 4.78 is 0. The first-order valence-electron chi connectivity index (χ1n) is 5.48. The Bertz CT molecular complexity index is 433. The van der Waals surface area contributed by atoms with E-state index in [0.29, 0.717) is 0 Å². The summed E-state index contributed by atoms with van der Waals surface area (Å²) in [5.41, 5.74) is 6.73. The lowest BCUT2D eigenvalue weighted by Gasteiger charge is -2.00. The Balaban J connectivity index is 2.08. The van der Waals surface area contributed by atoms with Gasteiger partial charge in [0.25, 0.3) is 0 Å². The van der Waals surface area contributed by atoms with Gasteiger partial charge >= 0.3 is 0 Å². The maximum atomic E-state index is 5.70. The highest BCUT2D eigenvalue weighted by molar-refractivity contribution is 5.53. The third-order valence-electron chi connectivity index (χ3n) is 2.40. The molecule has 4 nitrogen and oxygen atoms in total. The molecule has 2 rings (SSSR count). The smallest absolute Gasteiger partial charge is 0.181 e. The van der Waals surface area contributed by atoms with E-state index >= 15 is 0 Å². The van der Waals surface area contributed by atoms with Crippen LogP contribution in [0.2, 0.25) is 0 Å². The van der Waals surface area contributed by atoms with E-state index in [1.54, 1.807) is 0 Å². The molecular weight excluding hydrogens is 200 g/mol. The zero-order valence-corrected chi connectivity index (χ0v) is 9.35. The van der Waals surface area contributed by atoms with Crippen molar-refractivity contribution in [2.75, 3.05) is 0 Å². The minimum absolute atomic E-state index is 0.199. The maximum absolute atomic E-state index is 5.70. The number of nitrogens with one attached hydrogen (secondary N) is 1. The fourth-order valence-electron chi connectivity index (χ4n) is 1.49. The standard InChI is InChI=1S/C12H16N4/c1-9(13)7-8-11-14-12(16-15-11)10-5-3-2-4-6-10/h2-6,9H,7-8,13H2,1H3,(H,14,15,16). The molecule has 0 bridgehead atoms. The van der Waals surface area contributed by atoms with Crippen molar-refractivity contribution in [2.24, 2.45) is 5.73 Å². The van der Waals surface area contributed by atoms with E-state index in [2.05, 4.69) is 15.2 Å². The van der Waals surface area contributed by atoms with Crippen LogP contribution in [0.1, 0.15) is 19.2 Å². The summed E-state index contributed by atoms with van der Waals surface area (Å²) in [5.74, 6) is 1.65. The van der Waals surface area contributed by atoms with Gasteiger partial charge in [-0.25, -0.2) is 4.98 Å². The van der Waals surface area contributed by atoms with Crippen molar-refractivity contribution in [2.45, 2.75) is 25.8 Å².